The number of carboxylic acids is 1. The van der Waals surface area contributed by atoms with Crippen molar-refractivity contribution in [2.75, 3.05) is 12.4 Å². The first-order valence-corrected chi connectivity index (χ1v) is 4.88. The van der Waals surface area contributed by atoms with Crippen molar-refractivity contribution in [2.45, 2.75) is 0 Å². The van der Waals surface area contributed by atoms with Crippen molar-refractivity contribution in [1.82, 2.24) is 0 Å². The van der Waals surface area contributed by atoms with Crippen molar-refractivity contribution >= 4 is 35.0 Å². The van der Waals surface area contributed by atoms with Crippen molar-refractivity contribution in [2.24, 2.45) is 5.73 Å². The minimum Gasteiger partial charge on any atom is -0.478 e. The van der Waals surface area contributed by atoms with E-state index < -0.39 is 11.9 Å². The van der Waals surface area contributed by atoms with E-state index in [2.05, 4.69) is 22.3 Å². The number of hydrogen-bond acceptors (Lipinski definition) is 4. The number of aromatic carboxylic acids is 1. The summed E-state index contributed by atoms with van der Waals surface area (Å²) in [6.07, 6.45) is 0. The number of ether oxygens (including phenoxy) is 1. The lowest BCUT2D eigenvalue weighted by Gasteiger charge is -2.09. The molecule has 1 aromatic rings. The molecular formula is C10H10N2O4S. The second-order valence-electron chi connectivity index (χ2n) is 3.05. The molecule has 0 heterocycles. The van der Waals surface area contributed by atoms with Crippen LogP contribution in [0.2, 0.25) is 0 Å². The summed E-state index contributed by atoms with van der Waals surface area (Å²) in [5.74, 6) is -1.82. The molecule has 0 aliphatic carbocycles. The first kappa shape index (κ1) is 12.9. The largest absolute Gasteiger partial charge is 0.478 e. The van der Waals surface area contributed by atoms with Crippen LogP contribution >= 0.6 is 12.2 Å². The van der Waals surface area contributed by atoms with Gasteiger partial charge in [-0.15, -0.1) is 0 Å². The highest BCUT2D eigenvalue weighted by molar-refractivity contribution is 7.80. The van der Waals surface area contributed by atoms with E-state index >= 15 is 0 Å². The zero-order chi connectivity index (χ0) is 13.0. The van der Waals surface area contributed by atoms with Crippen LogP contribution in [-0.2, 0) is 4.74 Å². The molecule has 1 rings (SSSR count). The van der Waals surface area contributed by atoms with Crippen LogP contribution in [0.15, 0.2) is 18.2 Å². The molecule has 0 fully saturated rings. The van der Waals surface area contributed by atoms with Gasteiger partial charge in [0.1, 0.15) is 0 Å². The number of hydrogen-bond donors (Lipinski definition) is 3. The van der Waals surface area contributed by atoms with Crippen LogP contribution in [-0.4, -0.2) is 29.3 Å². The third-order valence-electron chi connectivity index (χ3n) is 1.93. The minimum absolute atomic E-state index is 0.0571. The average Bonchev–Trinajstić information content (AvgIpc) is 2.27. The number of carboxylic acid groups (broad SMARTS) is 1. The number of esters is 1. The maximum atomic E-state index is 11.2. The molecule has 0 spiro atoms. The maximum absolute atomic E-state index is 11.2. The van der Waals surface area contributed by atoms with Gasteiger partial charge in [0.25, 0.3) is 0 Å². The van der Waals surface area contributed by atoms with Crippen molar-refractivity contribution in [1.29, 1.82) is 0 Å². The molecule has 90 valence electrons. The average molecular weight is 254 g/mol. The molecule has 0 saturated carbocycles. The Balaban J connectivity index is 3.21. The summed E-state index contributed by atoms with van der Waals surface area (Å²) in [5, 5.41) is 11.4. The van der Waals surface area contributed by atoms with Gasteiger partial charge in [-0.2, -0.15) is 0 Å². The van der Waals surface area contributed by atoms with Gasteiger partial charge < -0.3 is 20.9 Å². The summed E-state index contributed by atoms with van der Waals surface area (Å²) in [5.41, 5.74) is 5.50. The fourth-order valence-corrected chi connectivity index (χ4v) is 1.32. The number of carbonyl (C=O) groups excluding carboxylic acids is 1. The standard InChI is InChI=1S/C10H10N2O4S/c1-16-9(15)5-2-3-7(12-10(11)17)6(4-5)8(13)14/h2-4H,1H3,(H,13,14)(H3,11,12,17). The Labute approximate surface area is 102 Å². The highest BCUT2D eigenvalue weighted by Gasteiger charge is 2.14. The van der Waals surface area contributed by atoms with Crippen LogP contribution in [0, 0.1) is 0 Å². The van der Waals surface area contributed by atoms with Gasteiger partial charge in [-0.05, 0) is 30.4 Å². The number of anilines is 1. The summed E-state index contributed by atoms with van der Waals surface area (Å²) in [6.45, 7) is 0. The highest BCUT2D eigenvalue weighted by Crippen LogP contribution is 2.18. The quantitative estimate of drug-likeness (QED) is 0.542. The van der Waals surface area contributed by atoms with E-state index in [0.29, 0.717) is 0 Å². The lowest BCUT2D eigenvalue weighted by atomic mass is 10.1. The molecule has 0 aliphatic rings. The van der Waals surface area contributed by atoms with E-state index in [1.165, 1.54) is 25.3 Å². The van der Waals surface area contributed by atoms with Gasteiger partial charge in [-0.1, -0.05) is 0 Å². The molecule has 0 radical (unpaired) electrons. The van der Waals surface area contributed by atoms with Gasteiger partial charge in [0, 0.05) is 0 Å². The number of thiocarbonyl (C=S) groups is 1. The molecule has 0 aromatic heterocycles. The Hall–Kier alpha value is -2.15. The second kappa shape index (κ2) is 5.26. The molecule has 0 saturated heterocycles. The summed E-state index contributed by atoms with van der Waals surface area (Å²) in [6, 6.07) is 4.00. The van der Waals surface area contributed by atoms with E-state index in [1.807, 2.05) is 0 Å². The number of rotatable bonds is 3. The first-order chi connectivity index (χ1) is 7.95. The van der Waals surface area contributed by atoms with Crippen molar-refractivity contribution in [3.63, 3.8) is 0 Å². The van der Waals surface area contributed by atoms with Crippen LogP contribution in [0.5, 0.6) is 0 Å². The Morgan fingerprint density at radius 3 is 2.59 bits per heavy atom. The van der Waals surface area contributed by atoms with Crippen LogP contribution in [0.4, 0.5) is 5.69 Å². The first-order valence-electron chi connectivity index (χ1n) is 4.48. The molecule has 0 unspecified atom stereocenters. The summed E-state index contributed by atoms with van der Waals surface area (Å²) >= 11 is 4.61. The third-order valence-corrected chi connectivity index (χ3v) is 2.03. The van der Waals surface area contributed by atoms with Gasteiger partial charge in [0.15, 0.2) is 5.11 Å². The molecule has 6 nitrogen and oxygen atoms in total. The van der Waals surface area contributed by atoms with Crippen molar-refractivity contribution in [3.8, 4) is 0 Å². The van der Waals surface area contributed by atoms with Gasteiger partial charge in [-0.3, -0.25) is 0 Å². The van der Waals surface area contributed by atoms with E-state index in [0.717, 1.165) is 0 Å². The Bertz CT molecular complexity index is 487. The number of methoxy groups -OCH3 is 1. The van der Waals surface area contributed by atoms with Crippen molar-refractivity contribution in [3.05, 3.63) is 29.3 Å². The fraction of sp³-hybridized carbons (Fsp3) is 0.100. The van der Waals surface area contributed by atoms with Crippen LogP contribution < -0.4 is 11.1 Å². The molecule has 0 atom stereocenters. The summed E-state index contributed by atoms with van der Waals surface area (Å²) < 4.78 is 4.49. The van der Waals surface area contributed by atoms with Gasteiger partial charge >= 0.3 is 11.9 Å². The number of nitrogens with two attached hydrogens (primary N) is 1. The lowest BCUT2D eigenvalue weighted by molar-refractivity contribution is 0.0601. The van der Waals surface area contributed by atoms with E-state index in [9.17, 15) is 9.59 Å². The molecular weight excluding hydrogens is 244 g/mol. The van der Waals surface area contributed by atoms with Crippen LogP contribution in [0.1, 0.15) is 20.7 Å². The summed E-state index contributed by atoms with van der Waals surface area (Å²) in [4.78, 5) is 22.2. The van der Waals surface area contributed by atoms with Gasteiger partial charge in [0.2, 0.25) is 0 Å². The molecule has 0 aliphatic heterocycles. The third kappa shape index (κ3) is 3.15. The Kier molecular flexibility index (Phi) is 4.00. The summed E-state index contributed by atoms with van der Waals surface area (Å²) in [7, 11) is 1.21. The number of carbonyl (C=O) groups is 2. The van der Waals surface area contributed by atoms with E-state index in [1.54, 1.807) is 0 Å². The molecule has 17 heavy (non-hydrogen) atoms. The zero-order valence-corrected chi connectivity index (χ0v) is 9.71. The number of benzene rings is 1. The van der Waals surface area contributed by atoms with Gasteiger partial charge in [-0.25, -0.2) is 9.59 Å². The molecule has 4 N–H and O–H groups in total. The minimum atomic E-state index is -1.20. The Morgan fingerprint density at radius 2 is 2.12 bits per heavy atom. The molecule has 7 heteroatoms. The maximum Gasteiger partial charge on any atom is 0.337 e. The Morgan fingerprint density at radius 1 is 1.47 bits per heavy atom. The SMILES string of the molecule is COC(=O)c1ccc(NC(N)=S)c(C(=O)O)c1. The normalized spacial score (nSPS) is 9.47. The van der Waals surface area contributed by atoms with Crippen molar-refractivity contribution < 1.29 is 19.4 Å². The fourth-order valence-electron chi connectivity index (χ4n) is 1.21. The van der Waals surface area contributed by atoms with Crippen LogP contribution in [0.25, 0.3) is 0 Å². The second-order valence-corrected chi connectivity index (χ2v) is 3.49. The molecule has 1 aromatic carbocycles. The smallest absolute Gasteiger partial charge is 0.337 e. The van der Waals surface area contributed by atoms with E-state index in [4.69, 9.17) is 10.8 Å². The van der Waals surface area contributed by atoms with Crippen LogP contribution in [0.3, 0.4) is 0 Å². The highest BCUT2D eigenvalue weighted by atomic mass is 32.1. The lowest BCUT2D eigenvalue weighted by Crippen LogP contribution is -2.21. The zero-order valence-electron chi connectivity index (χ0n) is 8.89. The van der Waals surface area contributed by atoms with Gasteiger partial charge in [0.05, 0.1) is 23.9 Å². The topological polar surface area (TPSA) is 102 Å². The monoisotopic (exact) mass is 254 g/mol. The number of nitrogens with one attached hydrogen (secondary N) is 1. The molecule has 0 bridgehead atoms. The molecule has 0 amide bonds. The van der Waals surface area contributed by atoms with E-state index in [-0.39, 0.29) is 21.9 Å². The predicted molar refractivity (Wildman–Crippen MR) is 65.1 cm³/mol. The predicted octanol–water partition coefficient (Wildman–Crippen LogP) is 0.827.